The van der Waals surface area contributed by atoms with Crippen LogP contribution in [0.3, 0.4) is 0 Å². The van der Waals surface area contributed by atoms with Gasteiger partial charge in [-0.25, -0.2) is 5.06 Å². The van der Waals surface area contributed by atoms with E-state index in [0.29, 0.717) is 0 Å². The van der Waals surface area contributed by atoms with Gasteiger partial charge in [0.25, 0.3) is 5.91 Å². The predicted molar refractivity (Wildman–Crippen MR) is 55.6 cm³/mol. The van der Waals surface area contributed by atoms with E-state index >= 15 is 0 Å². The van der Waals surface area contributed by atoms with Crippen LogP contribution in [0.15, 0.2) is 0 Å². The summed E-state index contributed by atoms with van der Waals surface area (Å²) in [6, 6.07) is -0.592. The maximum Gasteiger partial charge on any atom is 0.265 e. The number of hydrogen-bond donors (Lipinski definition) is 2. The molecule has 0 saturated heterocycles. The molecule has 0 saturated carbocycles. The molecule has 1 atom stereocenters. The molecule has 0 aliphatic carbocycles. The molecule has 0 fully saturated rings. The normalized spacial score (nSPS) is 12.4. The quantitative estimate of drug-likeness (QED) is 0.585. The summed E-state index contributed by atoms with van der Waals surface area (Å²) in [6.07, 6.45) is 0. The van der Waals surface area contributed by atoms with Crippen molar-refractivity contribution in [1.29, 1.82) is 0 Å². The third-order valence-corrected chi connectivity index (χ3v) is 2.06. The molecule has 2 amide bonds. The number of amides is 2. The number of carbonyl (C=O) groups excluding carboxylic acids is 2. The molecular formula is C9H19N3O3. The van der Waals surface area contributed by atoms with Gasteiger partial charge in [0.05, 0.1) is 19.7 Å². The zero-order valence-electron chi connectivity index (χ0n) is 9.61. The number of hydroxylamine groups is 2. The Kier molecular flexibility index (Phi) is 5.88. The highest BCUT2D eigenvalue weighted by molar-refractivity contribution is 5.87. The summed E-state index contributed by atoms with van der Waals surface area (Å²) in [5.41, 5.74) is 5.59. The standard InChI is InChI=1S/C9H19N3O3/c1-6(2)8(10)9(14)11-5-7(13)12(3)15-4/h6,8H,5,10H2,1-4H3,(H,11,14)/t8-/m0/s1. The van der Waals surface area contributed by atoms with E-state index in [2.05, 4.69) is 10.2 Å². The first-order valence-electron chi connectivity index (χ1n) is 4.74. The van der Waals surface area contributed by atoms with Crippen molar-refractivity contribution in [2.75, 3.05) is 20.7 Å². The van der Waals surface area contributed by atoms with E-state index in [1.54, 1.807) is 0 Å². The lowest BCUT2D eigenvalue weighted by Crippen LogP contribution is -2.47. The van der Waals surface area contributed by atoms with E-state index in [9.17, 15) is 9.59 Å². The minimum Gasteiger partial charge on any atom is -0.346 e. The first kappa shape index (κ1) is 13.9. The van der Waals surface area contributed by atoms with Gasteiger partial charge in [-0.05, 0) is 5.92 Å². The van der Waals surface area contributed by atoms with Crippen LogP contribution < -0.4 is 11.1 Å². The second-order valence-corrected chi connectivity index (χ2v) is 3.56. The molecule has 6 nitrogen and oxygen atoms in total. The third kappa shape index (κ3) is 4.75. The summed E-state index contributed by atoms with van der Waals surface area (Å²) in [7, 11) is 2.84. The number of hydrogen-bond acceptors (Lipinski definition) is 4. The van der Waals surface area contributed by atoms with Gasteiger partial charge in [0.1, 0.15) is 0 Å². The lowest BCUT2D eigenvalue weighted by atomic mass is 10.1. The highest BCUT2D eigenvalue weighted by Crippen LogP contribution is 1.97. The molecule has 0 aliphatic heterocycles. The van der Waals surface area contributed by atoms with Crippen molar-refractivity contribution in [2.45, 2.75) is 19.9 Å². The van der Waals surface area contributed by atoms with Crippen molar-refractivity contribution in [3.8, 4) is 0 Å². The van der Waals surface area contributed by atoms with Crippen molar-refractivity contribution < 1.29 is 14.4 Å². The molecule has 0 bridgehead atoms. The molecule has 0 heterocycles. The van der Waals surface area contributed by atoms with Crippen LogP contribution in [-0.4, -0.2) is 43.6 Å². The number of carbonyl (C=O) groups is 2. The highest BCUT2D eigenvalue weighted by Gasteiger charge is 2.18. The summed E-state index contributed by atoms with van der Waals surface area (Å²) in [6.45, 7) is 3.57. The topological polar surface area (TPSA) is 84.7 Å². The van der Waals surface area contributed by atoms with E-state index in [1.165, 1.54) is 14.2 Å². The van der Waals surface area contributed by atoms with Crippen LogP contribution in [0.1, 0.15) is 13.8 Å². The Labute approximate surface area is 89.7 Å². The number of nitrogens with one attached hydrogen (secondary N) is 1. The van der Waals surface area contributed by atoms with Crippen molar-refractivity contribution in [3.05, 3.63) is 0 Å². The molecular weight excluding hydrogens is 198 g/mol. The second kappa shape index (κ2) is 6.36. The lowest BCUT2D eigenvalue weighted by molar-refractivity contribution is -0.168. The minimum absolute atomic E-state index is 0.0419. The van der Waals surface area contributed by atoms with Crippen LogP contribution in [0.5, 0.6) is 0 Å². The Bertz CT molecular complexity index is 231. The van der Waals surface area contributed by atoms with E-state index in [0.717, 1.165) is 5.06 Å². The Hall–Kier alpha value is -1.14. The van der Waals surface area contributed by atoms with Crippen LogP contribution in [0, 0.1) is 5.92 Å². The fourth-order valence-corrected chi connectivity index (χ4v) is 0.796. The van der Waals surface area contributed by atoms with Gasteiger partial charge in [-0.2, -0.15) is 0 Å². The molecule has 0 aromatic heterocycles. The largest absolute Gasteiger partial charge is 0.346 e. The number of nitrogens with two attached hydrogens (primary N) is 1. The van der Waals surface area contributed by atoms with Crippen molar-refractivity contribution in [1.82, 2.24) is 10.4 Å². The summed E-state index contributed by atoms with van der Waals surface area (Å²) in [4.78, 5) is 27.2. The Morgan fingerprint density at radius 2 is 2.00 bits per heavy atom. The van der Waals surface area contributed by atoms with E-state index in [4.69, 9.17) is 5.73 Å². The van der Waals surface area contributed by atoms with E-state index in [1.807, 2.05) is 13.8 Å². The van der Waals surface area contributed by atoms with Crippen LogP contribution in [0.4, 0.5) is 0 Å². The fraction of sp³-hybridized carbons (Fsp3) is 0.778. The molecule has 0 aromatic rings. The highest BCUT2D eigenvalue weighted by atomic mass is 16.7. The zero-order chi connectivity index (χ0) is 12.0. The van der Waals surface area contributed by atoms with Crippen LogP contribution >= 0.6 is 0 Å². The summed E-state index contributed by atoms with van der Waals surface area (Å²) in [5.74, 6) is -0.620. The maximum atomic E-state index is 11.4. The van der Waals surface area contributed by atoms with Gasteiger partial charge in [0, 0.05) is 7.05 Å². The average Bonchev–Trinajstić information content (AvgIpc) is 2.22. The van der Waals surface area contributed by atoms with Gasteiger partial charge in [0.15, 0.2) is 0 Å². The van der Waals surface area contributed by atoms with Gasteiger partial charge in [-0.15, -0.1) is 0 Å². The SMILES string of the molecule is CON(C)C(=O)CNC(=O)[C@@H](N)C(C)C. The molecule has 6 heteroatoms. The van der Waals surface area contributed by atoms with E-state index < -0.39 is 6.04 Å². The van der Waals surface area contributed by atoms with E-state index in [-0.39, 0.29) is 24.3 Å². The molecule has 0 rings (SSSR count). The zero-order valence-corrected chi connectivity index (χ0v) is 9.61. The van der Waals surface area contributed by atoms with Gasteiger partial charge >= 0.3 is 0 Å². The first-order chi connectivity index (χ1) is 6.90. The van der Waals surface area contributed by atoms with Crippen LogP contribution in [-0.2, 0) is 14.4 Å². The lowest BCUT2D eigenvalue weighted by Gasteiger charge is -2.17. The Balaban J connectivity index is 3.96. The van der Waals surface area contributed by atoms with Crippen molar-refractivity contribution in [2.24, 2.45) is 11.7 Å². The predicted octanol–water partition coefficient (Wildman–Crippen LogP) is -0.894. The van der Waals surface area contributed by atoms with Gasteiger partial charge < -0.3 is 11.1 Å². The van der Waals surface area contributed by atoms with Gasteiger partial charge in [-0.3, -0.25) is 14.4 Å². The molecule has 0 radical (unpaired) electrons. The second-order valence-electron chi connectivity index (χ2n) is 3.56. The average molecular weight is 217 g/mol. The van der Waals surface area contributed by atoms with Crippen molar-refractivity contribution >= 4 is 11.8 Å². The summed E-state index contributed by atoms with van der Waals surface area (Å²) in [5, 5.41) is 3.49. The van der Waals surface area contributed by atoms with Gasteiger partial charge in [0.2, 0.25) is 5.91 Å². The third-order valence-electron chi connectivity index (χ3n) is 2.06. The molecule has 0 spiro atoms. The number of rotatable bonds is 5. The smallest absolute Gasteiger partial charge is 0.265 e. The molecule has 15 heavy (non-hydrogen) atoms. The molecule has 3 N–H and O–H groups in total. The minimum atomic E-state index is -0.592. The molecule has 0 aliphatic rings. The number of nitrogens with zero attached hydrogens (tertiary/aromatic N) is 1. The Morgan fingerprint density at radius 1 is 1.47 bits per heavy atom. The van der Waals surface area contributed by atoms with Crippen LogP contribution in [0.25, 0.3) is 0 Å². The monoisotopic (exact) mass is 217 g/mol. The van der Waals surface area contributed by atoms with Gasteiger partial charge in [-0.1, -0.05) is 13.8 Å². The summed E-state index contributed by atoms with van der Waals surface area (Å²) >= 11 is 0. The first-order valence-corrected chi connectivity index (χ1v) is 4.74. The van der Waals surface area contributed by atoms with Crippen LogP contribution in [0.2, 0.25) is 0 Å². The molecule has 88 valence electrons. The molecule has 0 aromatic carbocycles. The fourth-order valence-electron chi connectivity index (χ4n) is 0.796. The van der Waals surface area contributed by atoms with Crippen molar-refractivity contribution in [3.63, 3.8) is 0 Å². The molecule has 0 unspecified atom stereocenters. The Morgan fingerprint density at radius 3 is 2.40 bits per heavy atom. The summed E-state index contributed by atoms with van der Waals surface area (Å²) < 4.78 is 0. The number of likely N-dealkylation sites (N-methyl/N-ethyl adjacent to an activating group) is 1. The maximum absolute atomic E-state index is 11.4.